The number of rotatable bonds is 5. The Labute approximate surface area is 108 Å². The Morgan fingerprint density at radius 2 is 1.56 bits per heavy atom. The number of hydrogen-bond acceptors (Lipinski definition) is 2. The molecule has 3 nitrogen and oxygen atoms in total. The van der Waals surface area contributed by atoms with Crippen LogP contribution < -0.4 is 4.72 Å². The highest BCUT2D eigenvalue weighted by molar-refractivity contribution is 7.90. The normalized spacial score (nSPS) is 14.2. The van der Waals surface area contributed by atoms with Crippen molar-refractivity contribution in [3.63, 3.8) is 0 Å². The van der Waals surface area contributed by atoms with Gasteiger partial charge in [-0.25, -0.2) is 17.5 Å². The molecule has 0 aliphatic rings. The maximum absolute atomic E-state index is 12.9. The third-order valence-corrected chi connectivity index (χ3v) is 4.63. The molecule has 0 heterocycles. The van der Waals surface area contributed by atoms with E-state index in [1.165, 1.54) is 12.1 Å². The first kappa shape index (κ1) is 15.1. The predicted octanol–water partition coefficient (Wildman–Crippen LogP) is 2.85. The van der Waals surface area contributed by atoms with E-state index in [9.17, 15) is 12.8 Å². The molecule has 1 N–H and O–H groups in total. The van der Waals surface area contributed by atoms with Gasteiger partial charge in [0, 0.05) is 6.04 Å². The van der Waals surface area contributed by atoms with Crippen molar-refractivity contribution in [1.29, 1.82) is 0 Å². The largest absolute Gasteiger partial charge is 0.214 e. The van der Waals surface area contributed by atoms with Crippen LogP contribution in [0.1, 0.15) is 39.3 Å². The van der Waals surface area contributed by atoms with Crippen LogP contribution >= 0.6 is 0 Å². The van der Waals surface area contributed by atoms with E-state index in [0.29, 0.717) is 0 Å². The summed E-state index contributed by atoms with van der Waals surface area (Å²) in [6.07, 6.45) is 0. The lowest BCUT2D eigenvalue weighted by atomic mass is 9.97. The van der Waals surface area contributed by atoms with Gasteiger partial charge in [0.25, 0.3) is 0 Å². The molecule has 1 atom stereocenters. The molecule has 102 valence electrons. The first-order valence-corrected chi connectivity index (χ1v) is 7.55. The minimum absolute atomic E-state index is 0.0870. The van der Waals surface area contributed by atoms with Crippen LogP contribution in [0.15, 0.2) is 24.3 Å². The molecule has 0 bridgehead atoms. The summed E-state index contributed by atoms with van der Waals surface area (Å²) in [4.78, 5) is 0. The lowest BCUT2D eigenvalue weighted by molar-refractivity contribution is 0.459. The highest BCUT2D eigenvalue weighted by Gasteiger charge is 2.24. The summed E-state index contributed by atoms with van der Waals surface area (Å²) >= 11 is 0. The quantitative estimate of drug-likeness (QED) is 0.896. The van der Waals surface area contributed by atoms with E-state index >= 15 is 0 Å². The molecule has 18 heavy (non-hydrogen) atoms. The van der Waals surface area contributed by atoms with Gasteiger partial charge in [0.05, 0.1) is 5.25 Å². The van der Waals surface area contributed by atoms with Crippen LogP contribution in [0.2, 0.25) is 0 Å². The van der Waals surface area contributed by atoms with E-state index in [4.69, 9.17) is 0 Å². The number of halogens is 1. The van der Waals surface area contributed by atoms with Crippen LogP contribution in [0.4, 0.5) is 4.39 Å². The molecule has 0 fully saturated rings. The lowest BCUT2D eigenvalue weighted by Crippen LogP contribution is -2.36. The third kappa shape index (κ3) is 3.78. The van der Waals surface area contributed by atoms with E-state index < -0.39 is 15.3 Å². The maximum Gasteiger partial charge on any atom is 0.214 e. The highest BCUT2D eigenvalue weighted by Crippen LogP contribution is 2.23. The van der Waals surface area contributed by atoms with Crippen molar-refractivity contribution in [1.82, 2.24) is 4.72 Å². The SMILES string of the molecule is CC(C)C(NS(=O)(=O)C(C)C)c1ccc(F)cc1. The molecule has 0 aliphatic heterocycles. The summed E-state index contributed by atoms with van der Waals surface area (Å²) in [5.41, 5.74) is 0.774. The third-order valence-electron chi connectivity index (χ3n) is 2.81. The first-order chi connectivity index (χ1) is 8.24. The number of hydrogen-bond donors (Lipinski definition) is 1. The molecule has 0 saturated carbocycles. The summed E-state index contributed by atoms with van der Waals surface area (Å²) in [5, 5.41) is -0.487. The van der Waals surface area contributed by atoms with Crippen LogP contribution in [-0.4, -0.2) is 13.7 Å². The second-order valence-electron chi connectivity index (χ2n) is 4.98. The summed E-state index contributed by atoms with van der Waals surface area (Å²) in [5.74, 6) is -0.239. The van der Waals surface area contributed by atoms with Gasteiger partial charge in [-0.2, -0.15) is 0 Å². The molecule has 0 saturated heterocycles. The van der Waals surface area contributed by atoms with Gasteiger partial charge < -0.3 is 0 Å². The molecule has 5 heteroatoms. The maximum atomic E-state index is 12.9. The van der Waals surface area contributed by atoms with E-state index in [1.807, 2.05) is 13.8 Å². The Kier molecular flexibility index (Phi) is 4.87. The average molecular weight is 273 g/mol. The Morgan fingerprint density at radius 3 is 1.94 bits per heavy atom. The molecule has 0 aliphatic carbocycles. The Morgan fingerprint density at radius 1 is 1.06 bits per heavy atom. The van der Waals surface area contributed by atoms with Crippen molar-refractivity contribution in [3.05, 3.63) is 35.6 Å². The van der Waals surface area contributed by atoms with Gasteiger partial charge in [-0.05, 0) is 37.5 Å². The zero-order valence-electron chi connectivity index (χ0n) is 11.1. The van der Waals surface area contributed by atoms with E-state index in [1.54, 1.807) is 26.0 Å². The van der Waals surface area contributed by atoms with Gasteiger partial charge >= 0.3 is 0 Å². The Hall–Kier alpha value is -0.940. The topological polar surface area (TPSA) is 46.2 Å². The van der Waals surface area contributed by atoms with Crippen LogP contribution in [-0.2, 0) is 10.0 Å². The van der Waals surface area contributed by atoms with E-state index in [2.05, 4.69) is 4.72 Å². The summed E-state index contributed by atoms with van der Waals surface area (Å²) in [6, 6.07) is 5.58. The van der Waals surface area contributed by atoms with Crippen molar-refractivity contribution >= 4 is 10.0 Å². The van der Waals surface area contributed by atoms with Crippen molar-refractivity contribution in [2.24, 2.45) is 5.92 Å². The standard InChI is InChI=1S/C13H20FNO2S/c1-9(2)13(15-18(16,17)10(3)4)11-5-7-12(14)8-6-11/h5-10,13,15H,1-4H3. The van der Waals surface area contributed by atoms with Crippen LogP contribution in [0.5, 0.6) is 0 Å². The molecule has 0 aromatic heterocycles. The fourth-order valence-electron chi connectivity index (χ4n) is 1.57. The summed E-state index contributed by atoms with van der Waals surface area (Å²) < 4.78 is 39.4. The van der Waals surface area contributed by atoms with Gasteiger partial charge in [0.15, 0.2) is 0 Å². The van der Waals surface area contributed by atoms with Crippen molar-refractivity contribution in [2.75, 3.05) is 0 Å². The zero-order chi connectivity index (χ0) is 13.9. The molecule has 1 rings (SSSR count). The van der Waals surface area contributed by atoms with Crippen molar-refractivity contribution < 1.29 is 12.8 Å². The molecule has 1 aromatic rings. The monoisotopic (exact) mass is 273 g/mol. The fourth-order valence-corrected chi connectivity index (χ4v) is 2.61. The molecule has 0 spiro atoms. The van der Waals surface area contributed by atoms with Gasteiger partial charge in [-0.1, -0.05) is 26.0 Å². The second kappa shape index (κ2) is 5.80. The first-order valence-electron chi connectivity index (χ1n) is 6.00. The van der Waals surface area contributed by atoms with Crippen LogP contribution in [0, 0.1) is 11.7 Å². The smallest absolute Gasteiger partial charge is 0.212 e. The molecule has 0 radical (unpaired) electrons. The van der Waals surface area contributed by atoms with Gasteiger partial charge in [-0.15, -0.1) is 0 Å². The summed E-state index contributed by atoms with van der Waals surface area (Å²) in [7, 11) is -3.34. The Balaban J connectivity index is 3.01. The van der Waals surface area contributed by atoms with Gasteiger partial charge in [-0.3, -0.25) is 0 Å². The average Bonchev–Trinajstić information content (AvgIpc) is 2.27. The number of nitrogens with one attached hydrogen (secondary N) is 1. The van der Waals surface area contributed by atoms with Crippen LogP contribution in [0.25, 0.3) is 0 Å². The van der Waals surface area contributed by atoms with Crippen LogP contribution in [0.3, 0.4) is 0 Å². The van der Waals surface area contributed by atoms with E-state index in [-0.39, 0.29) is 17.8 Å². The van der Waals surface area contributed by atoms with Gasteiger partial charge in [0.1, 0.15) is 5.82 Å². The van der Waals surface area contributed by atoms with Crippen molar-refractivity contribution in [2.45, 2.75) is 39.0 Å². The van der Waals surface area contributed by atoms with Gasteiger partial charge in [0.2, 0.25) is 10.0 Å². The lowest BCUT2D eigenvalue weighted by Gasteiger charge is -2.24. The molecule has 0 amide bonds. The number of benzene rings is 1. The Bertz CT molecular complexity index is 480. The molecular formula is C13H20FNO2S. The molecular weight excluding hydrogens is 253 g/mol. The fraction of sp³-hybridized carbons (Fsp3) is 0.538. The minimum Gasteiger partial charge on any atom is -0.212 e. The zero-order valence-corrected chi connectivity index (χ0v) is 12.0. The molecule has 1 unspecified atom stereocenters. The minimum atomic E-state index is -3.34. The number of sulfonamides is 1. The molecule has 1 aromatic carbocycles. The second-order valence-corrected chi connectivity index (χ2v) is 7.25. The summed E-state index contributed by atoms with van der Waals surface area (Å²) in [6.45, 7) is 7.11. The van der Waals surface area contributed by atoms with Crippen molar-refractivity contribution in [3.8, 4) is 0 Å². The van der Waals surface area contributed by atoms with E-state index in [0.717, 1.165) is 5.56 Å². The highest BCUT2D eigenvalue weighted by atomic mass is 32.2. The predicted molar refractivity (Wildman–Crippen MR) is 71.2 cm³/mol.